The van der Waals surface area contributed by atoms with Crippen LogP contribution in [0.5, 0.6) is 0 Å². The lowest BCUT2D eigenvalue weighted by Crippen LogP contribution is -2.07. The van der Waals surface area contributed by atoms with E-state index in [0.717, 1.165) is 10.9 Å². The van der Waals surface area contributed by atoms with E-state index in [1.54, 1.807) is 35.6 Å². The van der Waals surface area contributed by atoms with Gasteiger partial charge in [0, 0.05) is 16.0 Å². The molecule has 2 aromatic carbocycles. The normalized spacial score (nSPS) is 10.6. The summed E-state index contributed by atoms with van der Waals surface area (Å²) >= 11 is 1.65. The molecule has 0 fully saturated rings. The Hall–Kier alpha value is -2.33. The summed E-state index contributed by atoms with van der Waals surface area (Å²) in [5, 5.41) is 3.15. The molecule has 1 heterocycles. The Labute approximate surface area is 120 Å². The number of hydrogen-bond acceptors (Lipinski definition) is 4. The first kappa shape index (κ1) is 12.7. The average molecular weight is 283 g/mol. The van der Waals surface area contributed by atoms with Gasteiger partial charge in [0.05, 0.1) is 5.56 Å². The number of benzene rings is 2. The molecule has 0 atom stereocenters. The summed E-state index contributed by atoms with van der Waals surface area (Å²) in [5.41, 5.74) is 7.63. The van der Waals surface area contributed by atoms with Crippen LogP contribution in [-0.4, -0.2) is 5.97 Å². The Morgan fingerprint density at radius 3 is 2.70 bits per heavy atom. The van der Waals surface area contributed by atoms with Gasteiger partial charge in [-0.15, -0.1) is 11.3 Å². The molecule has 20 heavy (non-hydrogen) atoms. The van der Waals surface area contributed by atoms with Crippen LogP contribution in [-0.2, 0) is 11.3 Å². The molecule has 0 saturated heterocycles. The second-order valence-corrected chi connectivity index (χ2v) is 5.33. The number of ether oxygens (including phenoxy) is 1. The van der Waals surface area contributed by atoms with Gasteiger partial charge in [-0.2, -0.15) is 0 Å². The Morgan fingerprint density at radius 1 is 1.10 bits per heavy atom. The fraction of sp³-hybridized carbons (Fsp3) is 0.0625. The van der Waals surface area contributed by atoms with Crippen molar-refractivity contribution < 1.29 is 9.53 Å². The number of thiophene rings is 1. The Morgan fingerprint density at radius 2 is 1.85 bits per heavy atom. The average Bonchev–Trinajstić information content (AvgIpc) is 2.88. The Kier molecular flexibility index (Phi) is 3.39. The molecule has 4 heteroatoms. The van der Waals surface area contributed by atoms with Gasteiger partial charge in [-0.1, -0.05) is 30.3 Å². The number of fused-ring (bicyclic) bond motifs is 1. The van der Waals surface area contributed by atoms with E-state index in [4.69, 9.17) is 10.5 Å². The molecule has 0 aliphatic rings. The molecule has 0 amide bonds. The van der Waals surface area contributed by atoms with Crippen molar-refractivity contribution >= 4 is 33.1 Å². The zero-order valence-corrected chi connectivity index (χ0v) is 11.5. The lowest BCUT2D eigenvalue weighted by Gasteiger charge is -2.06. The highest BCUT2D eigenvalue weighted by molar-refractivity contribution is 7.17. The maximum Gasteiger partial charge on any atom is 0.340 e. The molecule has 3 rings (SSSR count). The Balaban J connectivity index is 1.77. The third-order valence-corrected chi connectivity index (χ3v) is 4.11. The highest BCUT2D eigenvalue weighted by Gasteiger charge is 2.11. The van der Waals surface area contributed by atoms with Crippen molar-refractivity contribution in [3.05, 3.63) is 65.0 Å². The van der Waals surface area contributed by atoms with Gasteiger partial charge >= 0.3 is 5.97 Å². The number of carbonyl (C=O) groups excluding carboxylic acids is 1. The number of anilines is 1. The SMILES string of the molecule is Nc1ccccc1C(=O)OCc1csc2ccccc12. The van der Waals surface area contributed by atoms with Gasteiger partial charge in [0.2, 0.25) is 0 Å². The third kappa shape index (κ3) is 2.38. The van der Waals surface area contributed by atoms with Crippen LogP contribution < -0.4 is 5.73 Å². The van der Waals surface area contributed by atoms with E-state index in [1.807, 2.05) is 23.6 Å². The maximum absolute atomic E-state index is 12.0. The topological polar surface area (TPSA) is 52.3 Å². The fourth-order valence-electron chi connectivity index (χ4n) is 2.05. The molecular weight excluding hydrogens is 270 g/mol. The van der Waals surface area contributed by atoms with E-state index >= 15 is 0 Å². The zero-order chi connectivity index (χ0) is 13.9. The number of nitrogen functional groups attached to an aromatic ring is 1. The molecule has 0 unspecified atom stereocenters. The van der Waals surface area contributed by atoms with Crippen molar-refractivity contribution in [3.8, 4) is 0 Å². The van der Waals surface area contributed by atoms with Gasteiger partial charge in [0.25, 0.3) is 0 Å². The van der Waals surface area contributed by atoms with Crippen LogP contribution in [0, 0.1) is 0 Å². The largest absolute Gasteiger partial charge is 0.457 e. The highest BCUT2D eigenvalue weighted by atomic mass is 32.1. The molecule has 0 spiro atoms. The predicted molar refractivity (Wildman–Crippen MR) is 81.8 cm³/mol. The van der Waals surface area contributed by atoms with E-state index in [0.29, 0.717) is 11.3 Å². The van der Waals surface area contributed by atoms with Crippen molar-refractivity contribution in [1.29, 1.82) is 0 Å². The summed E-state index contributed by atoms with van der Waals surface area (Å²) in [5.74, 6) is -0.390. The van der Waals surface area contributed by atoms with Crippen molar-refractivity contribution in [3.63, 3.8) is 0 Å². The number of hydrogen-bond donors (Lipinski definition) is 1. The van der Waals surface area contributed by atoms with Crippen molar-refractivity contribution in [2.75, 3.05) is 5.73 Å². The van der Waals surface area contributed by atoms with Crippen LogP contribution in [0.1, 0.15) is 15.9 Å². The summed E-state index contributed by atoms with van der Waals surface area (Å²) in [6.45, 7) is 0.261. The molecule has 0 aliphatic heterocycles. The predicted octanol–water partition coefficient (Wildman–Crippen LogP) is 3.84. The lowest BCUT2D eigenvalue weighted by atomic mass is 10.2. The number of nitrogens with two attached hydrogens (primary N) is 1. The smallest absolute Gasteiger partial charge is 0.340 e. The first-order valence-corrected chi connectivity index (χ1v) is 7.10. The molecular formula is C16H13NO2S. The third-order valence-electron chi connectivity index (χ3n) is 3.10. The van der Waals surface area contributed by atoms with Gasteiger partial charge in [-0.3, -0.25) is 0 Å². The fourth-order valence-corrected chi connectivity index (χ4v) is 3.00. The van der Waals surface area contributed by atoms with Gasteiger partial charge in [-0.05, 0) is 29.0 Å². The van der Waals surface area contributed by atoms with Gasteiger partial charge in [-0.25, -0.2) is 4.79 Å². The second kappa shape index (κ2) is 5.35. The Bertz CT molecular complexity index is 764. The quantitative estimate of drug-likeness (QED) is 0.587. The number of rotatable bonds is 3. The molecule has 0 aliphatic carbocycles. The first-order valence-electron chi connectivity index (χ1n) is 6.22. The molecule has 0 radical (unpaired) electrons. The standard InChI is InChI=1S/C16H13NO2S/c17-14-7-3-1-6-13(14)16(18)19-9-11-10-20-15-8-4-2-5-12(11)15/h1-8,10H,9,17H2. The van der Waals surface area contributed by atoms with E-state index in [1.165, 1.54) is 4.70 Å². The van der Waals surface area contributed by atoms with Gasteiger partial charge < -0.3 is 10.5 Å². The molecule has 2 N–H and O–H groups in total. The summed E-state index contributed by atoms with van der Waals surface area (Å²) in [7, 11) is 0. The first-order chi connectivity index (χ1) is 9.75. The molecule has 100 valence electrons. The number of para-hydroxylation sites is 1. The summed E-state index contributed by atoms with van der Waals surface area (Å²) in [6.07, 6.45) is 0. The minimum Gasteiger partial charge on any atom is -0.457 e. The monoisotopic (exact) mass is 283 g/mol. The summed E-state index contributed by atoms with van der Waals surface area (Å²) in [4.78, 5) is 12.0. The van der Waals surface area contributed by atoms with Gasteiger partial charge in [0.15, 0.2) is 0 Å². The van der Waals surface area contributed by atoms with Crippen LogP contribution >= 0.6 is 11.3 Å². The number of carbonyl (C=O) groups is 1. The number of esters is 1. The van der Waals surface area contributed by atoms with Crippen molar-refractivity contribution in [2.45, 2.75) is 6.61 Å². The maximum atomic E-state index is 12.0. The van der Waals surface area contributed by atoms with E-state index in [-0.39, 0.29) is 6.61 Å². The lowest BCUT2D eigenvalue weighted by molar-refractivity contribution is 0.0476. The minimum absolute atomic E-state index is 0.261. The van der Waals surface area contributed by atoms with E-state index < -0.39 is 5.97 Å². The molecule has 3 aromatic rings. The van der Waals surface area contributed by atoms with E-state index in [2.05, 4.69) is 6.07 Å². The van der Waals surface area contributed by atoms with Crippen molar-refractivity contribution in [1.82, 2.24) is 0 Å². The van der Waals surface area contributed by atoms with Crippen LogP contribution in [0.25, 0.3) is 10.1 Å². The molecule has 0 saturated carbocycles. The summed E-state index contributed by atoms with van der Waals surface area (Å²) in [6, 6.07) is 15.0. The summed E-state index contributed by atoms with van der Waals surface area (Å²) < 4.78 is 6.54. The van der Waals surface area contributed by atoms with Crippen LogP contribution in [0.3, 0.4) is 0 Å². The van der Waals surface area contributed by atoms with Crippen LogP contribution in [0.15, 0.2) is 53.9 Å². The minimum atomic E-state index is -0.390. The molecule has 1 aromatic heterocycles. The van der Waals surface area contributed by atoms with E-state index in [9.17, 15) is 4.79 Å². The van der Waals surface area contributed by atoms with Gasteiger partial charge in [0.1, 0.15) is 6.61 Å². The molecule has 3 nitrogen and oxygen atoms in total. The second-order valence-electron chi connectivity index (χ2n) is 4.42. The van der Waals surface area contributed by atoms with Crippen molar-refractivity contribution in [2.24, 2.45) is 0 Å². The highest BCUT2D eigenvalue weighted by Crippen LogP contribution is 2.26. The molecule has 0 bridgehead atoms. The zero-order valence-electron chi connectivity index (χ0n) is 10.7. The van der Waals surface area contributed by atoms with Crippen LogP contribution in [0.2, 0.25) is 0 Å². The van der Waals surface area contributed by atoms with Crippen LogP contribution in [0.4, 0.5) is 5.69 Å².